The number of thioether (sulfide) groups is 1. The van der Waals surface area contributed by atoms with E-state index in [0.29, 0.717) is 34.4 Å². The first kappa shape index (κ1) is 31.9. The lowest BCUT2D eigenvalue weighted by Gasteiger charge is -2.23. The van der Waals surface area contributed by atoms with E-state index < -0.39 is 15.9 Å². The lowest BCUT2D eigenvalue weighted by molar-refractivity contribution is 0.0984. The largest absolute Gasteiger partial charge is 0.294 e. The Balaban J connectivity index is 1.27. The number of carbonyl (C=O) groups excluding carboxylic acids is 1. The molecule has 1 heterocycles. The highest BCUT2D eigenvalue weighted by molar-refractivity contribution is 7.99. The van der Waals surface area contributed by atoms with Crippen molar-refractivity contribution in [1.29, 1.82) is 0 Å². The molecule has 0 saturated heterocycles. The van der Waals surface area contributed by atoms with Crippen LogP contribution in [0.5, 0.6) is 0 Å². The van der Waals surface area contributed by atoms with Gasteiger partial charge in [-0.25, -0.2) is 22.5 Å². The molecule has 0 unspecified atom stereocenters. The summed E-state index contributed by atoms with van der Waals surface area (Å²) in [4.78, 5) is 20.8. The molecule has 0 aliphatic rings. The van der Waals surface area contributed by atoms with Gasteiger partial charge in [0.05, 0.1) is 10.6 Å². The van der Waals surface area contributed by atoms with Crippen LogP contribution < -0.4 is 4.72 Å². The van der Waals surface area contributed by atoms with Crippen LogP contribution in [-0.2, 0) is 23.1 Å². The zero-order valence-electron chi connectivity index (χ0n) is 23.7. The number of nitrogens with one attached hydrogen (secondary N) is 1. The summed E-state index contributed by atoms with van der Waals surface area (Å²) in [7, 11) is -4.13. The number of thiazole rings is 1. The molecule has 0 saturated carbocycles. The Labute approximate surface area is 270 Å². The third-order valence-corrected chi connectivity index (χ3v) is 10.7. The Hall–Kier alpha value is -3.54. The number of hydrogen-bond donors (Lipinski definition) is 1. The van der Waals surface area contributed by atoms with Crippen molar-refractivity contribution in [2.75, 3.05) is 12.3 Å². The van der Waals surface area contributed by atoms with Crippen molar-refractivity contribution in [3.8, 4) is 10.6 Å². The maximum absolute atomic E-state index is 14.6. The van der Waals surface area contributed by atoms with Crippen molar-refractivity contribution in [3.05, 3.63) is 136 Å². The minimum atomic E-state index is -4.13. The van der Waals surface area contributed by atoms with Crippen molar-refractivity contribution in [1.82, 2.24) is 14.6 Å². The number of aromatic nitrogens is 1. The van der Waals surface area contributed by atoms with Crippen molar-refractivity contribution < 1.29 is 17.6 Å². The van der Waals surface area contributed by atoms with Gasteiger partial charge < -0.3 is 0 Å². The van der Waals surface area contributed by atoms with Crippen LogP contribution in [0.1, 0.15) is 26.5 Å². The van der Waals surface area contributed by atoms with Crippen LogP contribution in [0.15, 0.2) is 113 Å². The fraction of sp³-hybridized carbons (Fsp3) is 0.152. The Bertz CT molecular complexity index is 1810. The van der Waals surface area contributed by atoms with Gasteiger partial charge in [-0.15, -0.1) is 23.1 Å². The molecular formula is C33H29ClFN3O3S3. The van der Waals surface area contributed by atoms with Crippen molar-refractivity contribution in [2.24, 2.45) is 0 Å². The summed E-state index contributed by atoms with van der Waals surface area (Å²) in [5, 5.41) is 0.994. The number of carbonyl (C=O) groups is 1. The Kier molecular flexibility index (Phi) is 10.5. The summed E-state index contributed by atoms with van der Waals surface area (Å²) >= 11 is 9.17. The minimum Gasteiger partial charge on any atom is -0.294 e. The number of rotatable bonds is 12. The second-order valence-electron chi connectivity index (χ2n) is 9.95. The number of sulfonamides is 1. The zero-order valence-corrected chi connectivity index (χ0v) is 26.9. The average Bonchev–Trinajstić information content (AvgIpc) is 3.42. The lowest BCUT2D eigenvalue weighted by Crippen LogP contribution is -2.30. The number of benzene rings is 4. The van der Waals surface area contributed by atoms with E-state index in [1.54, 1.807) is 43.0 Å². The minimum absolute atomic E-state index is 0.0385. The fourth-order valence-corrected chi connectivity index (χ4v) is 7.65. The van der Waals surface area contributed by atoms with Gasteiger partial charge in [0.1, 0.15) is 15.7 Å². The first-order valence-corrected chi connectivity index (χ1v) is 17.4. The topological polar surface area (TPSA) is 79.4 Å². The zero-order chi connectivity index (χ0) is 31.1. The number of nitrogens with zero attached hydrogens (tertiary/aromatic N) is 2. The molecule has 0 radical (unpaired) electrons. The lowest BCUT2D eigenvalue weighted by atomic mass is 10.1. The summed E-state index contributed by atoms with van der Waals surface area (Å²) in [5.74, 6) is -0.338. The SMILES string of the molecule is Cc1nc(-c2ccccc2)sc1C(=O)NS(=O)(=O)c1ccc(CN(CCSc2ccccc2)Cc2c(F)cccc2Cl)cc1. The van der Waals surface area contributed by atoms with E-state index in [4.69, 9.17) is 11.6 Å². The summed E-state index contributed by atoms with van der Waals surface area (Å²) in [6.07, 6.45) is 0. The number of aryl methyl sites for hydroxylation is 1. The molecule has 1 amide bonds. The van der Waals surface area contributed by atoms with Gasteiger partial charge >= 0.3 is 0 Å². The smallest absolute Gasteiger partial charge is 0.277 e. The molecule has 6 nitrogen and oxygen atoms in total. The molecule has 4 aromatic carbocycles. The molecule has 5 rings (SSSR count). The summed E-state index contributed by atoms with van der Waals surface area (Å²) in [6, 6.07) is 30.4. The van der Waals surface area contributed by atoms with Crippen LogP contribution in [0, 0.1) is 12.7 Å². The summed E-state index contributed by atoms with van der Waals surface area (Å²) in [5.41, 5.74) is 2.55. The van der Waals surface area contributed by atoms with E-state index in [-0.39, 0.29) is 22.1 Å². The van der Waals surface area contributed by atoms with E-state index in [1.165, 1.54) is 18.2 Å². The van der Waals surface area contributed by atoms with Crippen molar-refractivity contribution in [3.63, 3.8) is 0 Å². The van der Waals surface area contributed by atoms with Crippen LogP contribution in [0.4, 0.5) is 4.39 Å². The monoisotopic (exact) mass is 665 g/mol. The van der Waals surface area contributed by atoms with E-state index in [2.05, 4.69) is 14.6 Å². The molecule has 1 N–H and O–H groups in total. The van der Waals surface area contributed by atoms with Crippen molar-refractivity contribution >= 4 is 50.6 Å². The van der Waals surface area contributed by atoms with E-state index >= 15 is 0 Å². The fourth-order valence-electron chi connectivity index (χ4n) is 4.50. The highest BCUT2D eigenvalue weighted by atomic mass is 35.5. The second-order valence-corrected chi connectivity index (χ2v) is 14.2. The normalized spacial score (nSPS) is 11.5. The third kappa shape index (κ3) is 8.13. The van der Waals surface area contributed by atoms with E-state index in [1.807, 2.05) is 60.7 Å². The maximum Gasteiger partial charge on any atom is 0.277 e. The van der Waals surface area contributed by atoms with Gasteiger partial charge in [0, 0.05) is 46.4 Å². The highest BCUT2D eigenvalue weighted by Gasteiger charge is 2.23. The molecule has 0 atom stereocenters. The standard InChI is InChI=1S/C33H29ClFN3O3S3/c1-23-31(43-33(36-23)25-9-4-2-5-10-25)32(39)37-44(40,41)27-17-15-24(16-18-27)21-38(19-20-42-26-11-6-3-7-12-26)22-28-29(34)13-8-14-30(28)35/h2-18H,19-22H2,1H3,(H,37,39). The van der Waals surface area contributed by atoms with Gasteiger partial charge in [0.25, 0.3) is 15.9 Å². The molecule has 226 valence electrons. The molecule has 0 aliphatic heterocycles. The Morgan fingerprint density at radius 2 is 1.61 bits per heavy atom. The molecule has 0 bridgehead atoms. The number of halogens is 2. The molecule has 44 heavy (non-hydrogen) atoms. The third-order valence-electron chi connectivity index (χ3n) is 6.75. The molecule has 0 spiro atoms. The van der Waals surface area contributed by atoms with Crippen molar-refractivity contribution in [2.45, 2.75) is 29.8 Å². The molecule has 0 fully saturated rings. The summed E-state index contributed by atoms with van der Waals surface area (Å²) < 4.78 is 43.0. The van der Waals surface area contributed by atoms with Gasteiger partial charge in [-0.2, -0.15) is 0 Å². The molecule has 11 heteroatoms. The van der Waals surface area contributed by atoms with E-state index in [9.17, 15) is 17.6 Å². The average molecular weight is 666 g/mol. The molecular weight excluding hydrogens is 637 g/mol. The number of amides is 1. The van der Waals surface area contributed by atoms with Crippen LogP contribution in [0.3, 0.4) is 0 Å². The van der Waals surface area contributed by atoms with E-state index in [0.717, 1.165) is 33.1 Å². The second kappa shape index (κ2) is 14.5. The Morgan fingerprint density at radius 3 is 2.30 bits per heavy atom. The van der Waals surface area contributed by atoms with Gasteiger partial charge in [-0.1, -0.05) is 78.3 Å². The van der Waals surface area contributed by atoms with Crippen LogP contribution >= 0.6 is 34.7 Å². The molecule has 5 aromatic rings. The first-order chi connectivity index (χ1) is 21.2. The van der Waals surface area contributed by atoms with Gasteiger partial charge in [-0.3, -0.25) is 9.69 Å². The quantitative estimate of drug-likeness (QED) is 0.137. The van der Waals surface area contributed by atoms with Gasteiger partial charge in [0.2, 0.25) is 0 Å². The maximum atomic E-state index is 14.6. The van der Waals surface area contributed by atoms with Gasteiger partial charge in [-0.05, 0) is 48.9 Å². The van der Waals surface area contributed by atoms with Crippen LogP contribution in [0.25, 0.3) is 10.6 Å². The highest BCUT2D eigenvalue weighted by Crippen LogP contribution is 2.28. The van der Waals surface area contributed by atoms with Crippen LogP contribution in [-0.4, -0.2) is 36.5 Å². The summed E-state index contributed by atoms with van der Waals surface area (Å²) in [6.45, 7) is 3.04. The predicted molar refractivity (Wildman–Crippen MR) is 176 cm³/mol. The van der Waals surface area contributed by atoms with Crippen LogP contribution in [0.2, 0.25) is 5.02 Å². The van der Waals surface area contributed by atoms with Gasteiger partial charge in [0.15, 0.2) is 0 Å². The predicted octanol–water partition coefficient (Wildman–Crippen LogP) is 7.82. The first-order valence-electron chi connectivity index (χ1n) is 13.7. The molecule has 0 aliphatic carbocycles. The Morgan fingerprint density at radius 1 is 0.932 bits per heavy atom. The number of hydrogen-bond acceptors (Lipinski definition) is 7. The molecule has 1 aromatic heterocycles.